The summed E-state index contributed by atoms with van der Waals surface area (Å²) in [6, 6.07) is 2.08. The van der Waals surface area contributed by atoms with E-state index in [1.54, 1.807) is 6.08 Å². The van der Waals surface area contributed by atoms with E-state index in [1.165, 1.54) is 5.56 Å². The van der Waals surface area contributed by atoms with Crippen LogP contribution in [0.15, 0.2) is 18.7 Å². The van der Waals surface area contributed by atoms with Crippen molar-refractivity contribution in [3.05, 3.63) is 35.5 Å². The first-order valence-electron chi connectivity index (χ1n) is 5.60. The van der Waals surface area contributed by atoms with Crippen molar-refractivity contribution in [2.45, 2.75) is 27.3 Å². The molecule has 0 atom stereocenters. The van der Waals surface area contributed by atoms with Gasteiger partial charge in [-0.2, -0.15) is 0 Å². The summed E-state index contributed by atoms with van der Waals surface area (Å²) < 4.78 is 5.58. The summed E-state index contributed by atoms with van der Waals surface area (Å²) in [4.78, 5) is 4.41. The Kier molecular flexibility index (Phi) is 4.99. The summed E-state index contributed by atoms with van der Waals surface area (Å²) in [5.41, 5.74) is 3.33. The Bertz CT molecular complexity index is 361. The van der Waals surface area contributed by atoms with Gasteiger partial charge in [0.25, 0.3) is 0 Å². The second-order valence-electron chi connectivity index (χ2n) is 3.74. The van der Waals surface area contributed by atoms with E-state index in [-0.39, 0.29) is 0 Å². The van der Waals surface area contributed by atoms with Crippen LogP contribution in [0.2, 0.25) is 0 Å². The standard InChI is InChI=1S/C13H20N2O/c1-5-7-16-13-12(9-14-6-2)10(3)8-11(4)15-13/h5,8,14H,1,6-7,9H2,2-4H3. The predicted molar refractivity (Wildman–Crippen MR) is 66.8 cm³/mol. The molecule has 0 unspecified atom stereocenters. The van der Waals surface area contributed by atoms with Gasteiger partial charge in [-0.1, -0.05) is 19.6 Å². The molecule has 0 radical (unpaired) electrons. The van der Waals surface area contributed by atoms with E-state index in [2.05, 4.69) is 36.8 Å². The number of ether oxygens (including phenoxy) is 1. The first-order chi connectivity index (χ1) is 7.69. The lowest BCUT2D eigenvalue weighted by atomic mass is 10.1. The molecule has 0 aliphatic heterocycles. The minimum Gasteiger partial charge on any atom is -0.473 e. The normalized spacial score (nSPS) is 10.2. The van der Waals surface area contributed by atoms with Crippen molar-refractivity contribution < 1.29 is 4.74 Å². The molecule has 0 aliphatic carbocycles. The molecule has 1 aromatic heterocycles. The predicted octanol–water partition coefficient (Wildman–Crippen LogP) is 2.37. The van der Waals surface area contributed by atoms with Crippen LogP contribution in [-0.2, 0) is 6.54 Å². The molecular weight excluding hydrogens is 200 g/mol. The van der Waals surface area contributed by atoms with Gasteiger partial charge in [0.05, 0.1) is 0 Å². The summed E-state index contributed by atoms with van der Waals surface area (Å²) in [6.45, 7) is 12.0. The van der Waals surface area contributed by atoms with Gasteiger partial charge in [-0.05, 0) is 32.0 Å². The lowest BCUT2D eigenvalue weighted by Gasteiger charge is -2.13. The van der Waals surface area contributed by atoms with Gasteiger partial charge in [-0.3, -0.25) is 0 Å². The molecule has 16 heavy (non-hydrogen) atoms. The molecule has 0 bridgehead atoms. The number of nitrogens with zero attached hydrogens (tertiary/aromatic N) is 1. The van der Waals surface area contributed by atoms with Crippen LogP contribution in [0.4, 0.5) is 0 Å². The van der Waals surface area contributed by atoms with E-state index in [9.17, 15) is 0 Å². The van der Waals surface area contributed by atoms with Crippen LogP contribution in [0.25, 0.3) is 0 Å². The number of aryl methyl sites for hydroxylation is 2. The molecule has 1 rings (SSSR count). The molecule has 1 aromatic rings. The first-order valence-corrected chi connectivity index (χ1v) is 5.60. The highest BCUT2D eigenvalue weighted by Gasteiger charge is 2.09. The lowest BCUT2D eigenvalue weighted by Crippen LogP contribution is -2.15. The largest absolute Gasteiger partial charge is 0.473 e. The highest BCUT2D eigenvalue weighted by atomic mass is 16.5. The average molecular weight is 220 g/mol. The highest BCUT2D eigenvalue weighted by Crippen LogP contribution is 2.20. The van der Waals surface area contributed by atoms with Gasteiger partial charge < -0.3 is 10.1 Å². The molecule has 0 fully saturated rings. The minimum atomic E-state index is 0.495. The third-order valence-corrected chi connectivity index (χ3v) is 2.33. The van der Waals surface area contributed by atoms with Crippen molar-refractivity contribution in [1.29, 1.82) is 0 Å². The van der Waals surface area contributed by atoms with Crippen LogP contribution in [0, 0.1) is 13.8 Å². The molecule has 0 amide bonds. The quantitative estimate of drug-likeness (QED) is 0.747. The molecule has 88 valence electrons. The summed E-state index contributed by atoms with van der Waals surface area (Å²) in [5.74, 6) is 0.721. The van der Waals surface area contributed by atoms with Crippen molar-refractivity contribution in [1.82, 2.24) is 10.3 Å². The van der Waals surface area contributed by atoms with Gasteiger partial charge in [0, 0.05) is 17.8 Å². The third kappa shape index (κ3) is 3.35. The molecular formula is C13H20N2O. The zero-order valence-corrected chi connectivity index (χ0v) is 10.3. The first kappa shape index (κ1) is 12.7. The second kappa shape index (κ2) is 6.28. The van der Waals surface area contributed by atoms with Crippen LogP contribution in [0.1, 0.15) is 23.7 Å². The van der Waals surface area contributed by atoms with Crippen LogP contribution >= 0.6 is 0 Å². The monoisotopic (exact) mass is 220 g/mol. The zero-order chi connectivity index (χ0) is 12.0. The zero-order valence-electron chi connectivity index (χ0n) is 10.3. The summed E-state index contributed by atoms with van der Waals surface area (Å²) in [7, 11) is 0. The average Bonchev–Trinajstić information content (AvgIpc) is 2.24. The number of hydrogen-bond acceptors (Lipinski definition) is 3. The van der Waals surface area contributed by atoms with E-state index >= 15 is 0 Å². The maximum atomic E-state index is 5.58. The molecule has 3 heteroatoms. The van der Waals surface area contributed by atoms with E-state index in [4.69, 9.17) is 4.74 Å². The fourth-order valence-corrected chi connectivity index (χ4v) is 1.55. The molecule has 0 spiro atoms. The van der Waals surface area contributed by atoms with Crippen LogP contribution in [-0.4, -0.2) is 18.1 Å². The number of rotatable bonds is 6. The molecule has 1 heterocycles. The molecule has 0 aliphatic rings. The van der Waals surface area contributed by atoms with Crippen LogP contribution in [0.5, 0.6) is 5.88 Å². The fourth-order valence-electron chi connectivity index (χ4n) is 1.55. The highest BCUT2D eigenvalue weighted by molar-refractivity contribution is 5.35. The Hall–Kier alpha value is -1.35. The van der Waals surface area contributed by atoms with Crippen molar-refractivity contribution in [2.24, 2.45) is 0 Å². The smallest absolute Gasteiger partial charge is 0.218 e. The number of hydrogen-bond donors (Lipinski definition) is 1. The van der Waals surface area contributed by atoms with E-state index in [1.807, 2.05) is 6.92 Å². The molecule has 0 saturated carbocycles. The van der Waals surface area contributed by atoms with Crippen molar-refractivity contribution in [3.8, 4) is 5.88 Å². The topological polar surface area (TPSA) is 34.1 Å². The van der Waals surface area contributed by atoms with Gasteiger partial charge in [-0.15, -0.1) is 0 Å². The Morgan fingerprint density at radius 1 is 1.50 bits per heavy atom. The molecule has 3 nitrogen and oxygen atoms in total. The lowest BCUT2D eigenvalue weighted by molar-refractivity contribution is 0.342. The van der Waals surface area contributed by atoms with E-state index in [0.29, 0.717) is 6.61 Å². The van der Waals surface area contributed by atoms with Gasteiger partial charge in [0.1, 0.15) is 6.61 Å². The third-order valence-electron chi connectivity index (χ3n) is 2.33. The number of nitrogens with one attached hydrogen (secondary N) is 1. The summed E-state index contributed by atoms with van der Waals surface area (Å²) in [5, 5.41) is 3.30. The second-order valence-corrected chi connectivity index (χ2v) is 3.74. The number of aromatic nitrogens is 1. The van der Waals surface area contributed by atoms with Gasteiger partial charge in [0.15, 0.2) is 0 Å². The van der Waals surface area contributed by atoms with Gasteiger partial charge in [-0.25, -0.2) is 4.98 Å². The maximum Gasteiger partial charge on any atom is 0.218 e. The Morgan fingerprint density at radius 2 is 2.25 bits per heavy atom. The fraction of sp³-hybridized carbons (Fsp3) is 0.462. The van der Waals surface area contributed by atoms with E-state index < -0.39 is 0 Å². The summed E-state index contributed by atoms with van der Waals surface area (Å²) in [6.07, 6.45) is 1.73. The van der Waals surface area contributed by atoms with Crippen molar-refractivity contribution >= 4 is 0 Å². The Morgan fingerprint density at radius 3 is 2.88 bits per heavy atom. The molecule has 1 N–H and O–H groups in total. The minimum absolute atomic E-state index is 0.495. The Labute approximate surface area is 97.5 Å². The summed E-state index contributed by atoms with van der Waals surface area (Å²) >= 11 is 0. The van der Waals surface area contributed by atoms with Gasteiger partial charge >= 0.3 is 0 Å². The molecule has 0 aromatic carbocycles. The SMILES string of the molecule is C=CCOc1nc(C)cc(C)c1CNCC. The van der Waals surface area contributed by atoms with E-state index in [0.717, 1.165) is 30.2 Å². The van der Waals surface area contributed by atoms with Crippen LogP contribution < -0.4 is 10.1 Å². The van der Waals surface area contributed by atoms with Crippen molar-refractivity contribution in [3.63, 3.8) is 0 Å². The maximum absolute atomic E-state index is 5.58. The van der Waals surface area contributed by atoms with Crippen LogP contribution in [0.3, 0.4) is 0 Å². The number of pyridine rings is 1. The molecule has 0 saturated heterocycles. The Balaban J connectivity index is 2.95. The van der Waals surface area contributed by atoms with Gasteiger partial charge in [0.2, 0.25) is 5.88 Å². The van der Waals surface area contributed by atoms with Crippen molar-refractivity contribution in [2.75, 3.05) is 13.2 Å².